The second kappa shape index (κ2) is 12.3. The van der Waals surface area contributed by atoms with Crippen LogP contribution >= 0.6 is 0 Å². The Morgan fingerprint density at radius 1 is 0.708 bits per heavy atom. The van der Waals surface area contributed by atoms with Gasteiger partial charge in [0.1, 0.15) is 0 Å². The molecule has 2 heteroatoms. The third kappa shape index (κ3) is 6.67. The van der Waals surface area contributed by atoms with E-state index in [0.717, 1.165) is 5.92 Å². The molecular formula is C22H46N2. The Bertz CT molecular complexity index is 290. The number of hydrogen-bond donors (Lipinski definition) is 0. The van der Waals surface area contributed by atoms with Gasteiger partial charge in [-0.25, -0.2) is 0 Å². The highest BCUT2D eigenvalue weighted by Crippen LogP contribution is 2.41. The van der Waals surface area contributed by atoms with Crippen LogP contribution in [-0.4, -0.2) is 43.7 Å². The first kappa shape index (κ1) is 22.0. The van der Waals surface area contributed by atoms with E-state index in [-0.39, 0.29) is 0 Å². The van der Waals surface area contributed by atoms with Gasteiger partial charge in [0.2, 0.25) is 0 Å². The molecule has 1 fully saturated rings. The van der Waals surface area contributed by atoms with E-state index in [1.165, 1.54) is 96.3 Å². The zero-order valence-electron chi connectivity index (χ0n) is 17.6. The minimum absolute atomic E-state index is 0.303. The second-order valence-electron chi connectivity index (χ2n) is 8.58. The SMILES string of the molecule is CCCCCCCCCCCCC1CCCCC1(N(C)C)N(C)C. The zero-order valence-corrected chi connectivity index (χ0v) is 17.6. The Balaban J connectivity index is 2.20. The molecule has 0 aliphatic heterocycles. The van der Waals surface area contributed by atoms with Crippen LogP contribution in [0.4, 0.5) is 0 Å². The van der Waals surface area contributed by atoms with E-state index in [1.54, 1.807) is 0 Å². The molecule has 1 aliphatic carbocycles. The third-order valence-electron chi connectivity index (χ3n) is 6.46. The molecule has 1 saturated carbocycles. The summed E-state index contributed by atoms with van der Waals surface area (Å²) < 4.78 is 0. The molecule has 0 radical (unpaired) electrons. The van der Waals surface area contributed by atoms with E-state index >= 15 is 0 Å². The van der Waals surface area contributed by atoms with Gasteiger partial charge in [-0.15, -0.1) is 0 Å². The van der Waals surface area contributed by atoms with Crippen LogP contribution in [0.3, 0.4) is 0 Å². The maximum atomic E-state index is 2.51. The van der Waals surface area contributed by atoms with Crippen LogP contribution in [0.25, 0.3) is 0 Å². The fourth-order valence-corrected chi connectivity index (χ4v) is 5.04. The fourth-order valence-electron chi connectivity index (χ4n) is 5.04. The Labute approximate surface area is 153 Å². The Hall–Kier alpha value is -0.0800. The van der Waals surface area contributed by atoms with Gasteiger partial charge in [-0.1, -0.05) is 84.0 Å². The molecule has 1 aliphatic rings. The average molecular weight is 339 g/mol. The molecule has 0 bridgehead atoms. The minimum atomic E-state index is 0.303. The van der Waals surface area contributed by atoms with Crippen molar-refractivity contribution >= 4 is 0 Å². The van der Waals surface area contributed by atoms with Crippen molar-refractivity contribution in [1.82, 2.24) is 9.80 Å². The van der Waals surface area contributed by atoms with E-state index in [4.69, 9.17) is 0 Å². The third-order valence-corrected chi connectivity index (χ3v) is 6.46. The van der Waals surface area contributed by atoms with E-state index in [0.29, 0.717) is 5.66 Å². The number of rotatable bonds is 13. The Morgan fingerprint density at radius 3 is 1.71 bits per heavy atom. The molecule has 0 amide bonds. The normalized spacial score (nSPS) is 20.9. The van der Waals surface area contributed by atoms with Crippen LogP contribution in [0.2, 0.25) is 0 Å². The summed E-state index contributed by atoms with van der Waals surface area (Å²) in [5.74, 6) is 0.852. The molecule has 2 nitrogen and oxygen atoms in total. The van der Waals surface area contributed by atoms with Crippen molar-refractivity contribution in [2.75, 3.05) is 28.2 Å². The highest BCUT2D eigenvalue weighted by Gasteiger charge is 2.43. The monoisotopic (exact) mass is 338 g/mol. The van der Waals surface area contributed by atoms with Gasteiger partial charge in [0.25, 0.3) is 0 Å². The molecule has 24 heavy (non-hydrogen) atoms. The van der Waals surface area contributed by atoms with Crippen LogP contribution in [0.5, 0.6) is 0 Å². The maximum absolute atomic E-state index is 2.51. The quantitative estimate of drug-likeness (QED) is 0.287. The molecule has 144 valence electrons. The molecule has 0 aromatic heterocycles. The lowest BCUT2D eigenvalue weighted by Gasteiger charge is -2.53. The molecule has 1 rings (SSSR count). The lowest BCUT2D eigenvalue weighted by molar-refractivity contribution is -0.0788. The zero-order chi connectivity index (χ0) is 17.8. The van der Waals surface area contributed by atoms with Crippen molar-refractivity contribution in [1.29, 1.82) is 0 Å². The van der Waals surface area contributed by atoms with Gasteiger partial charge in [0.15, 0.2) is 0 Å². The van der Waals surface area contributed by atoms with Crippen LogP contribution in [0, 0.1) is 5.92 Å². The van der Waals surface area contributed by atoms with Gasteiger partial charge in [-0.05, 0) is 53.4 Å². The van der Waals surface area contributed by atoms with E-state index in [1.807, 2.05) is 0 Å². The molecule has 0 saturated heterocycles. The maximum Gasteiger partial charge on any atom is 0.0756 e. The summed E-state index contributed by atoms with van der Waals surface area (Å²) in [6.07, 6.45) is 21.5. The van der Waals surface area contributed by atoms with E-state index < -0.39 is 0 Å². The summed E-state index contributed by atoms with van der Waals surface area (Å²) in [6, 6.07) is 0. The Morgan fingerprint density at radius 2 is 1.21 bits per heavy atom. The highest BCUT2D eigenvalue weighted by atomic mass is 15.4. The van der Waals surface area contributed by atoms with Crippen LogP contribution in [0.15, 0.2) is 0 Å². The molecular weight excluding hydrogens is 292 g/mol. The summed E-state index contributed by atoms with van der Waals surface area (Å²) in [7, 11) is 9.15. The van der Waals surface area contributed by atoms with Gasteiger partial charge in [0.05, 0.1) is 5.66 Å². The van der Waals surface area contributed by atoms with Crippen LogP contribution in [0.1, 0.15) is 103 Å². The van der Waals surface area contributed by atoms with Gasteiger partial charge >= 0.3 is 0 Å². The second-order valence-corrected chi connectivity index (χ2v) is 8.58. The molecule has 0 heterocycles. The largest absolute Gasteiger partial charge is 0.291 e. The van der Waals surface area contributed by atoms with E-state index in [9.17, 15) is 0 Å². The number of hydrogen-bond acceptors (Lipinski definition) is 2. The van der Waals surface area contributed by atoms with Crippen molar-refractivity contribution in [3.05, 3.63) is 0 Å². The van der Waals surface area contributed by atoms with E-state index in [2.05, 4.69) is 44.9 Å². The van der Waals surface area contributed by atoms with Gasteiger partial charge in [-0.2, -0.15) is 0 Å². The smallest absolute Gasteiger partial charge is 0.0756 e. The number of nitrogens with zero attached hydrogens (tertiary/aromatic N) is 2. The summed E-state index contributed by atoms with van der Waals surface area (Å²) >= 11 is 0. The molecule has 0 aromatic carbocycles. The molecule has 0 N–H and O–H groups in total. The molecule has 0 aromatic rings. The molecule has 1 atom stereocenters. The Kier molecular flexibility index (Phi) is 11.3. The van der Waals surface area contributed by atoms with Crippen molar-refractivity contribution < 1.29 is 0 Å². The first-order valence-electron chi connectivity index (χ1n) is 10.9. The first-order chi connectivity index (χ1) is 11.6. The number of unbranched alkanes of at least 4 members (excludes halogenated alkanes) is 9. The predicted molar refractivity (Wildman–Crippen MR) is 109 cm³/mol. The standard InChI is InChI=1S/C22H46N2/c1-6-7-8-9-10-11-12-13-14-15-18-21-19-16-17-20-22(21,23(2)3)24(4)5/h21H,6-20H2,1-5H3. The molecule has 0 spiro atoms. The first-order valence-corrected chi connectivity index (χ1v) is 10.9. The van der Waals surface area contributed by atoms with Crippen LogP contribution in [-0.2, 0) is 0 Å². The summed E-state index contributed by atoms with van der Waals surface area (Å²) in [6.45, 7) is 2.30. The van der Waals surface area contributed by atoms with Crippen molar-refractivity contribution in [2.45, 2.75) is 109 Å². The minimum Gasteiger partial charge on any atom is -0.291 e. The lowest BCUT2D eigenvalue weighted by Crippen LogP contribution is -2.61. The topological polar surface area (TPSA) is 6.48 Å². The summed E-state index contributed by atoms with van der Waals surface area (Å²) in [5, 5.41) is 0. The van der Waals surface area contributed by atoms with Gasteiger partial charge < -0.3 is 0 Å². The summed E-state index contributed by atoms with van der Waals surface area (Å²) in [5.41, 5.74) is 0.303. The fraction of sp³-hybridized carbons (Fsp3) is 1.00. The predicted octanol–water partition coefficient (Wildman–Crippen LogP) is 6.31. The summed E-state index contributed by atoms with van der Waals surface area (Å²) in [4.78, 5) is 5.01. The average Bonchev–Trinajstić information content (AvgIpc) is 2.56. The van der Waals surface area contributed by atoms with Gasteiger partial charge in [0, 0.05) is 0 Å². The van der Waals surface area contributed by atoms with Crippen LogP contribution < -0.4 is 0 Å². The van der Waals surface area contributed by atoms with Crippen molar-refractivity contribution in [2.24, 2.45) is 5.92 Å². The lowest BCUT2D eigenvalue weighted by atomic mass is 9.74. The van der Waals surface area contributed by atoms with Crippen molar-refractivity contribution in [3.63, 3.8) is 0 Å². The molecule has 1 unspecified atom stereocenters. The highest BCUT2D eigenvalue weighted by molar-refractivity contribution is 4.94. The van der Waals surface area contributed by atoms with Gasteiger partial charge in [-0.3, -0.25) is 9.80 Å². The van der Waals surface area contributed by atoms with Crippen molar-refractivity contribution in [3.8, 4) is 0 Å².